The first kappa shape index (κ1) is 35.3. The number of nitrogens with one attached hydrogen (secondary N) is 8. The van der Waals surface area contributed by atoms with Gasteiger partial charge in [-0.25, -0.2) is 0 Å². The highest BCUT2D eigenvalue weighted by molar-refractivity contribution is 5.16. The molecular formula is C32H54N10O2. The van der Waals surface area contributed by atoms with Gasteiger partial charge >= 0.3 is 0 Å². The molecule has 44 heavy (non-hydrogen) atoms. The zero-order chi connectivity index (χ0) is 31.6. The maximum atomic E-state index is 7.00. The fourth-order valence-corrected chi connectivity index (χ4v) is 5.27. The number of fused-ring (bicyclic) bond motifs is 8. The topological polar surface area (TPSA) is 158 Å². The second kappa shape index (κ2) is 20.0. The largest absolute Gasteiger partial charge is 0.400 e. The summed E-state index contributed by atoms with van der Waals surface area (Å²) in [6.45, 7) is 10.6. The summed E-state index contributed by atoms with van der Waals surface area (Å²) in [5, 5.41) is 28.1. The maximum absolute atomic E-state index is 7.00. The van der Waals surface area contributed by atoms with Gasteiger partial charge in [-0.15, -0.1) is 0 Å². The first-order chi connectivity index (χ1) is 21.6. The number of rotatable bonds is 0. The molecule has 0 radical (unpaired) electrons. The Bertz CT molecular complexity index is 1100. The molecule has 4 aromatic rings. The molecule has 0 fully saturated rings. The molecule has 0 unspecified atom stereocenters. The number of aliphatic hydroxyl groups excluding tert-OH is 2. The van der Waals surface area contributed by atoms with Gasteiger partial charge in [0.25, 0.3) is 0 Å². The third kappa shape index (κ3) is 12.4. The molecule has 0 saturated heterocycles. The minimum Gasteiger partial charge on any atom is -0.400 e. The summed E-state index contributed by atoms with van der Waals surface area (Å²) in [5.41, 5.74) is 9.84. The summed E-state index contributed by atoms with van der Waals surface area (Å²) < 4.78 is 0. The Morgan fingerprint density at radius 1 is 0.386 bits per heavy atom. The van der Waals surface area contributed by atoms with Crippen LogP contribution in [0.15, 0.2) is 48.5 Å². The molecule has 1 aliphatic heterocycles. The molecule has 0 amide bonds. The van der Waals surface area contributed by atoms with E-state index < -0.39 is 0 Å². The second-order valence-electron chi connectivity index (χ2n) is 11.1. The van der Waals surface area contributed by atoms with Crippen molar-refractivity contribution in [2.24, 2.45) is 0 Å². The Morgan fingerprint density at radius 3 is 0.818 bits per heavy atom. The third-order valence-corrected chi connectivity index (χ3v) is 7.21. The van der Waals surface area contributed by atoms with Gasteiger partial charge in [0.1, 0.15) is 0 Å². The highest BCUT2D eigenvalue weighted by Gasteiger charge is 2.08. The van der Waals surface area contributed by atoms with Gasteiger partial charge in [-0.05, 0) is 62.6 Å². The molecule has 8 bridgehead atoms. The van der Waals surface area contributed by atoms with Crippen LogP contribution in [-0.4, -0.2) is 94.4 Å². The number of aliphatic hydroxyl groups is 2. The first-order valence-electron chi connectivity index (χ1n) is 15.4. The van der Waals surface area contributed by atoms with Gasteiger partial charge in [0.15, 0.2) is 0 Å². The average Bonchev–Trinajstić information content (AvgIpc) is 3.84. The number of aromatic nitrogens is 4. The Morgan fingerprint density at radius 2 is 0.591 bits per heavy atom. The van der Waals surface area contributed by atoms with Gasteiger partial charge in [0.2, 0.25) is 0 Å². The van der Waals surface area contributed by atoms with Crippen LogP contribution in [0, 0.1) is 0 Å². The van der Waals surface area contributed by atoms with E-state index >= 15 is 0 Å². The molecule has 1 aliphatic rings. The van der Waals surface area contributed by atoms with Crippen molar-refractivity contribution in [3.63, 3.8) is 0 Å². The predicted molar refractivity (Wildman–Crippen MR) is 177 cm³/mol. The number of hydrogen-bond donors (Lipinski definition) is 10. The quantitative estimate of drug-likeness (QED) is 0.144. The van der Waals surface area contributed by atoms with Gasteiger partial charge in [0.05, 0.1) is 0 Å². The molecule has 12 nitrogen and oxygen atoms in total. The summed E-state index contributed by atoms with van der Waals surface area (Å²) >= 11 is 0. The van der Waals surface area contributed by atoms with Crippen LogP contribution in [0.2, 0.25) is 0 Å². The van der Waals surface area contributed by atoms with Crippen molar-refractivity contribution in [1.82, 2.24) is 51.0 Å². The van der Waals surface area contributed by atoms with Crippen molar-refractivity contribution < 1.29 is 10.2 Å². The van der Waals surface area contributed by atoms with E-state index in [-0.39, 0.29) is 0 Å². The van der Waals surface area contributed by atoms with Gasteiger partial charge < -0.3 is 51.4 Å². The molecule has 0 spiro atoms. The van der Waals surface area contributed by atoms with Crippen molar-refractivity contribution in [1.29, 1.82) is 0 Å². The number of nitrogens with zero attached hydrogens (tertiary/aromatic N) is 2. The molecule has 0 aliphatic carbocycles. The van der Waals surface area contributed by atoms with Crippen LogP contribution < -0.4 is 21.3 Å². The first-order valence-corrected chi connectivity index (χ1v) is 15.4. The van der Waals surface area contributed by atoms with E-state index in [1.165, 1.54) is 45.6 Å². The lowest BCUT2D eigenvalue weighted by Crippen LogP contribution is -2.27. The SMILES string of the molecule is CN1Cc2ccc([nH]2)CNCCNCc2ccc([nH]2)CN(C)Cc2ccc([nH]2)CNCCNCc2ccc([nH]2)C1.CO.CO. The summed E-state index contributed by atoms with van der Waals surface area (Å²) in [5.74, 6) is 0. The van der Waals surface area contributed by atoms with E-state index in [2.05, 4.69) is 114 Å². The highest BCUT2D eigenvalue weighted by atomic mass is 16.2. The molecular weight excluding hydrogens is 556 g/mol. The Kier molecular flexibility index (Phi) is 16.0. The molecule has 4 aromatic heterocycles. The lowest BCUT2D eigenvalue weighted by molar-refractivity contribution is 0.312. The fourth-order valence-electron chi connectivity index (χ4n) is 5.27. The van der Waals surface area contributed by atoms with E-state index in [1.54, 1.807) is 0 Å². The van der Waals surface area contributed by atoms with Crippen LogP contribution in [0.1, 0.15) is 45.6 Å². The van der Waals surface area contributed by atoms with Crippen LogP contribution in [0.25, 0.3) is 0 Å². The van der Waals surface area contributed by atoms with E-state index in [9.17, 15) is 0 Å². The van der Waals surface area contributed by atoms with Gasteiger partial charge in [-0.2, -0.15) is 0 Å². The van der Waals surface area contributed by atoms with Crippen LogP contribution in [-0.2, 0) is 52.4 Å². The van der Waals surface area contributed by atoms with Crippen LogP contribution in [0.5, 0.6) is 0 Å². The van der Waals surface area contributed by atoms with Crippen LogP contribution in [0.4, 0.5) is 0 Å². The van der Waals surface area contributed by atoms with E-state index in [0.29, 0.717) is 0 Å². The number of hydrogen-bond acceptors (Lipinski definition) is 8. The highest BCUT2D eigenvalue weighted by Crippen LogP contribution is 2.11. The molecule has 10 N–H and O–H groups in total. The van der Waals surface area contributed by atoms with Crippen molar-refractivity contribution in [3.8, 4) is 0 Å². The maximum Gasteiger partial charge on any atom is 0.0386 e. The summed E-state index contributed by atoms with van der Waals surface area (Å²) in [4.78, 5) is 18.9. The lowest BCUT2D eigenvalue weighted by Gasteiger charge is -2.15. The minimum absolute atomic E-state index is 0.842. The molecule has 0 saturated carbocycles. The molecule has 5 rings (SSSR count). The van der Waals surface area contributed by atoms with Gasteiger partial charge in [0, 0.05) is 138 Å². The fraction of sp³-hybridized carbons (Fsp3) is 0.500. The molecule has 0 aromatic carbocycles. The molecule has 5 heterocycles. The van der Waals surface area contributed by atoms with E-state index in [1.807, 2.05) is 0 Å². The Balaban J connectivity index is 0.00000127. The van der Waals surface area contributed by atoms with Crippen molar-refractivity contribution in [3.05, 3.63) is 94.1 Å². The molecule has 12 heteroatoms. The summed E-state index contributed by atoms with van der Waals surface area (Å²) in [7, 11) is 6.33. The molecule has 244 valence electrons. The summed E-state index contributed by atoms with van der Waals surface area (Å²) in [6, 6.07) is 17.5. The second-order valence-corrected chi connectivity index (χ2v) is 11.1. The summed E-state index contributed by atoms with van der Waals surface area (Å²) in [6.07, 6.45) is 0. The van der Waals surface area contributed by atoms with Gasteiger partial charge in [-0.1, -0.05) is 0 Å². The third-order valence-electron chi connectivity index (χ3n) is 7.21. The lowest BCUT2D eigenvalue weighted by atomic mass is 10.3. The van der Waals surface area contributed by atoms with E-state index in [0.717, 1.165) is 92.8 Å². The number of aromatic amines is 4. The predicted octanol–water partition coefficient (Wildman–Crippen LogP) is 1.55. The minimum atomic E-state index is 0.842. The Labute approximate surface area is 262 Å². The van der Waals surface area contributed by atoms with Gasteiger partial charge in [-0.3, -0.25) is 9.80 Å². The van der Waals surface area contributed by atoms with Crippen molar-refractivity contribution in [2.45, 2.75) is 52.4 Å². The Hall–Kier alpha value is -3.20. The van der Waals surface area contributed by atoms with Crippen LogP contribution in [0.3, 0.4) is 0 Å². The smallest absolute Gasteiger partial charge is 0.0386 e. The zero-order valence-electron chi connectivity index (χ0n) is 26.9. The van der Waals surface area contributed by atoms with E-state index in [4.69, 9.17) is 10.2 Å². The molecule has 0 atom stereocenters. The normalized spacial score (nSPS) is 17.0. The monoisotopic (exact) mass is 610 g/mol. The standard InChI is InChI=1S/C30H46N10.2CH4O/c1-39-19-27-7-3-23(35-27)15-31-11-13-33-17-25-5-9-29(37-25)21-40(2)22-30-10-6-26(38-30)18-34-14-12-32-16-24-4-8-28(20-39)36-24;2*1-2/h3-10,31-38H,11-22H2,1-2H3;2*2H,1H3. The average molecular weight is 611 g/mol. The van der Waals surface area contributed by atoms with Crippen molar-refractivity contribution in [2.75, 3.05) is 54.5 Å². The van der Waals surface area contributed by atoms with Crippen LogP contribution >= 0.6 is 0 Å². The number of H-pyrrole nitrogens is 4. The zero-order valence-corrected chi connectivity index (χ0v) is 26.9. The van der Waals surface area contributed by atoms with Crippen molar-refractivity contribution >= 4 is 0 Å².